The van der Waals surface area contributed by atoms with Gasteiger partial charge in [-0.1, -0.05) is 12.1 Å². The Bertz CT molecular complexity index is 943. The van der Waals surface area contributed by atoms with Gasteiger partial charge >= 0.3 is 0 Å². The average molecular weight is 396 g/mol. The molecule has 0 radical (unpaired) electrons. The molecule has 2 amide bonds. The molecule has 1 fully saturated rings. The molecule has 2 aliphatic heterocycles. The van der Waals surface area contributed by atoms with Crippen LogP contribution in [0, 0.1) is 12.8 Å². The van der Waals surface area contributed by atoms with Crippen LogP contribution in [-0.2, 0) is 16.0 Å². The number of ether oxygens (including phenoxy) is 3. The van der Waals surface area contributed by atoms with Gasteiger partial charge in [-0.25, -0.2) is 0 Å². The highest BCUT2D eigenvalue weighted by molar-refractivity contribution is 6.01. The predicted molar refractivity (Wildman–Crippen MR) is 107 cm³/mol. The second-order valence-electron chi connectivity index (χ2n) is 7.31. The van der Waals surface area contributed by atoms with Crippen molar-refractivity contribution in [1.82, 2.24) is 5.32 Å². The number of aryl methyl sites for hydroxylation is 1. The number of carbonyl (C=O) groups is 2. The van der Waals surface area contributed by atoms with Crippen molar-refractivity contribution in [3.63, 3.8) is 0 Å². The predicted octanol–water partition coefficient (Wildman–Crippen LogP) is 2.44. The van der Waals surface area contributed by atoms with Crippen molar-refractivity contribution in [2.75, 3.05) is 31.9 Å². The molecule has 7 nitrogen and oxygen atoms in total. The molecule has 1 saturated heterocycles. The van der Waals surface area contributed by atoms with E-state index >= 15 is 0 Å². The number of nitrogens with zero attached hydrogens (tertiary/aromatic N) is 1. The van der Waals surface area contributed by atoms with Crippen LogP contribution in [0.25, 0.3) is 0 Å². The lowest BCUT2D eigenvalue weighted by Crippen LogP contribution is -2.34. The Morgan fingerprint density at radius 1 is 1.21 bits per heavy atom. The first-order valence-electron chi connectivity index (χ1n) is 9.66. The summed E-state index contributed by atoms with van der Waals surface area (Å²) in [5, 5.41) is 2.95. The largest absolute Gasteiger partial charge is 0.495 e. The summed E-state index contributed by atoms with van der Waals surface area (Å²) in [5.74, 6) is 1.57. The van der Waals surface area contributed by atoms with E-state index in [4.69, 9.17) is 14.2 Å². The highest BCUT2D eigenvalue weighted by Gasteiger charge is 2.36. The van der Waals surface area contributed by atoms with Gasteiger partial charge in [-0.15, -0.1) is 0 Å². The normalized spacial score (nSPS) is 17.5. The van der Waals surface area contributed by atoms with Crippen LogP contribution in [0.2, 0.25) is 0 Å². The summed E-state index contributed by atoms with van der Waals surface area (Å²) in [5.41, 5.74) is 2.81. The maximum Gasteiger partial charge on any atom is 0.231 e. The fourth-order valence-electron chi connectivity index (χ4n) is 3.70. The summed E-state index contributed by atoms with van der Waals surface area (Å²) < 4.78 is 16.1. The van der Waals surface area contributed by atoms with E-state index in [1.54, 1.807) is 12.0 Å². The molecule has 4 rings (SSSR count). The molecule has 29 heavy (non-hydrogen) atoms. The lowest BCUT2D eigenvalue weighted by Gasteiger charge is -2.20. The molecular formula is C22H24N2O5. The van der Waals surface area contributed by atoms with E-state index in [9.17, 15) is 9.59 Å². The SMILES string of the molecule is COc1ccc(C)cc1N1CC(C(=O)NCCc2ccc3c(c2)OCO3)CC1=O. The topological polar surface area (TPSA) is 77.1 Å². The van der Waals surface area contributed by atoms with Gasteiger partial charge in [0.15, 0.2) is 11.5 Å². The van der Waals surface area contributed by atoms with Crippen LogP contribution in [0.3, 0.4) is 0 Å². The number of hydrogen-bond acceptors (Lipinski definition) is 5. The zero-order valence-electron chi connectivity index (χ0n) is 16.6. The van der Waals surface area contributed by atoms with Crippen molar-refractivity contribution >= 4 is 17.5 Å². The molecule has 7 heteroatoms. The van der Waals surface area contributed by atoms with Crippen LogP contribution in [0.4, 0.5) is 5.69 Å². The third-order valence-electron chi connectivity index (χ3n) is 5.27. The third-order valence-corrected chi connectivity index (χ3v) is 5.27. The van der Waals surface area contributed by atoms with Gasteiger partial charge in [-0.2, -0.15) is 0 Å². The number of rotatable bonds is 6. The first-order chi connectivity index (χ1) is 14.0. The minimum absolute atomic E-state index is 0.0650. The monoisotopic (exact) mass is 396 g/mol. The molecule has 2 aromatic rings. The zero-order chi connectivity index (χ0) is 20.4. The second kappa shape index (κ2) is 8.03. The molecule has 2 heterocycles. The van der Waals surface area contributed by atoms with Crippen LogP contribution < -0.4 is 24.4 Å². The van der Waals surface area contributed by atoms with E-state index in [0.29, 0.717) is 30.9 Å². The minimum Gasteiger partial charge on any atom is -0.495 e. The minimum atomic E-state index is -0.371. The number of hydrogen-bond donors (Lipinski definition) is 1. The number of methoxy groups -OCH3 is 1. The van der Waals surface area contributed by atoms with Crippen molar-refractivity contribution in [3.8, 4) is 17.2 Å². The fraction of sp³-hybridized carbons (Fsp3) is 0.364. The van der Waals surface area contributed by atoms with Crippen molar-refractivity contribution in [1.29, 1.82) is 0 Å². The van der Waals surface area contributed by atoms with Crippen LogP contribution in [-0.4, -0.2) is 38.8 Å². The standard InChI is InChI=1S/C22H24N2O5/c1-14-3-5-18(27-2)17(9-14)24-12-16(11-21(24)25)22(26)23-8-7-15-4-6-19-20(10-15)29-13-28-19/h3-6,9-10,16H,7-8,11-13H2,1-2H3,(H,23,26). The summed E-state index contributed by atoms with van der Waals surface area (Å²) in [6, 6.07) is 11.5. The van der Waals surface area contributed by atoms with Gasteiger partial charge in [0, 0.05) is 19.5 Å². The first-order valence-corrected chi connectivity index (χ1v) is 9.66. The number of benzene rings is 2. The Balaban J connectivity index is 1.34. The molecule has 2 aliphatic rings. The zero-order valence-corrected chi connectivity index (χ0v) is 16.6. The van der Waals surface area contributed by atoms with E-state index in [0.717, 1.165) is 22.6 Å². The first kappa shape index (κ1) is 19.1. The van der Waals surface area contributed by atoms with E-state index in [1.807, 2.05) is 43.3 Å². The van der Waals surface area contributed by atoms with Crippen molar-refractivity contribution in [3.05, 3.63) is 47.5 Å². The molecular weight excluding hydrogens is 372 g/mol. The molecule has 1 N–H and O–H groups in total. The van der Waals surface area contributed by atoms with Crippen molar-refractivity contribution in [2.24, 2.45) is 5.92 Å². The molecule has 0 saturated carbocycles. The molecule has 2 aromatic carbocycles. The maximum absolute atomic E-state index is 12.6. The van der Waals surface area contributed by atoms with Crippen LogP contribution in [0.15, 0.2) is 36.4 Å². The maximum atomic E-state index is 12.6. The van der Waals surface area contributed by atoms with Gasteiger partial charge < -0.3 is 24.4 Å². The van der Waals surface area contributed by atoms with Gasteiger partial charge in [-0.3, -0.25) is 9.59 Å². The van der Waals surface area contributed by atoms with Crippen LogP contribution in [0.5, 0.6) is 17.2 Å². The Hall–Kier alpha value is -3.22. The average Bonchev–Trinajstić information content (AvgIpc) is 3.34. The van der Waals surface area contributed by atoms with E-state index < -0.39 is 0 Å². The Labute approximate surface area is 169 Å². The summed E-state index contributed by atoms with van der Waals surface area (Å²) in [7, 11) is 1.58. The van der Waals surface area contributed by atoms with Gasteiger partial charge in [0.25, 0.3) is 0 Å². The van der Waals surface area contributed by atoms with Crippen molar-refractivity contribution in [2.45, 2.75) is 19.8 Å². The summed E-state index contributed by atoms with van der Waals surface area (Å²) in [6.45, 7) is 3.06. The molecule has 0 spiro atoms. The lowest BCUT2D eigenvalue weighted by atomic mass is 10.1. The molecule has 0 aliphatic carbocycles. The fourth-order valence-corrected chi connectivity index (χ4v) is 3.70. The molecule has 1 unspecified atom stereocenters. The van der Waals surface area contributed by atoms with Crippen molar-refractivity contribution < 1.29 is 23.8 Å². The molecule has 0 aromatic heterocycles. The highest BCUT2D eigenvalue weighted by atomic mass is 16.7. The van der Waals surface area contributed by atoms with Gasteiger partial charge in [-0.05, 0) is 48.7 Å². The molecule has 0 bridgehead atoms. The number of anilines is 1. The summed E-state index contributed by atoms with van der Waals surface area (Å²) >= 11 is 0. The molecule has 1 atom stereocenters. The smallest absolute Gasteiger partial charge is 0.231 e. The van der Waals surface area contributed by atoms with Gasteiger partial charge in [0.1, 0.15) is 5.75 Å². The van der Waals surface area contributed by atoms with E-state index in [2.05, 4.69) is 5.32 Å². The molecule has 152 valence electrons. The lowest BCUT2D eigenvalue weighted by molar-refractivity contribution is -0.126. The number of amides is 2. The quantitative estimate of drug-likeness (QED) is 0.812. The number of carbonyl (C=O) groups excluding carboxylic acids is 2. The Morgan fingerprint density at radius 2 is 2.03 bits per heavy atom. The van der Waals surface area contributed by atoms with Crippen LogP contribution in [0.1, 0.15) is 17.5 Å². The Morgan fingerprint density at radius 3 is 2.86 bits per heavy atom. The highest BCUT2D eigenvalue weighted by Crippen LogP contribution is 2.34. The third kappa shape index (κ3) is 3.99. The van der Waals surface area contributed by atoms with Gasteiger partial charge in [0.2, 0.25) is 18.6 Å². The number of nitrogens with one attached hydrogen (secondary N) is 1. The summed E-state index contributed by atoms with van der Waals surface area (Å²) in [6.07, 6.45) is 0.880. The van der Waals surface area contributed by atoms with Gasteiger partial charge in [0.05, 0.1) is 18.7 Å². The van der Waals surface area contributed by atoms with E-state index in [1.165, 1.54) is 0 Å². The van der Waals surface area contributed by atoms with E-state index in [-0.39, 0.29) is 30.9 Å². The number of fused-ring (bicyclic) bond motifs is 1. The van der Waals surface area contributed by atoms with Crippen LogP contribution >= 0.6 is 0 Å². The summed E-state index contributed by atoms with van der Waals surface area (Å²) in [4.78, 5) is 26.8. The second-order valence-corrected chi connectivity index (χ2v) is 7.31. The Kier molecular flexibility index (Phi) is 5.29.